The van der Waals surface area contributed by atoms with Gasteiger partial charge in [-0.25, -0.2) is 0 Å². The molecule has 1 aliphatic heterocycles. The van der Waals surface area contributed by atoms with Gasteiger partial charge in [-0.3, -0.25) is 0 Å². The summed E-state index contributed by atoms with van der Waals surface area (Å²) in [4.78, 5) is 0. The first-order valence-corrected chi connectivity index (χ1v) is 7.20. The number of allylic oxidation sites excluding steroid dienone is 1. The van der Waals surface area contributed by atoms with Crippen molar-refractivity contribution in [1.29, 1.82) is 0 Å². The van der Waals surface area contributed by atoms with Crippen LogP contribution in [0.5, 0.6) is 5.75 Å². The molecule has 0 radical (unpaired) electrons. The van der Waals surface area contributed by atoms with Crippen LogP contribution in [-0.4, -0.2) is 25.4 Å². The Kier molecular flexibility index (Phi) is 4.63. The molecular weight excluding hydrogens is 289 g/mol. The second kappa shape index (κ2) is 6.01. The third-order valence-corrected chi connectivity index (χ3v) is 4.34. The first-order chi connectivity index (χ1) is 10.2. The van der Waals surface area contributed by atoms with Gasteiger partial charge in [-0.05, 0) is 45.4 Å². The summed E-state index contributed by atoms with van der Waals surface area (Å²) in [7, 11) is 0.842. The molecule has 3 nitrogen and oxygen atoms in total. The Balaban J connectivity index is 2.19. The van der Waals surface area contributed by atoms with E-state index in [4.69, 9.17) is 14.0 Å². The number of hydrogen-bond acceptors (Lipinski definition) is 3. The van der Waals surface area contributed by atoms with Crippen molar-refractivity contribution in [3.05, 3.63) is 35.9 Å². The highest BCUT2D eigenvalue weighted by Crippen LogP contribution is 2.40. The average molecular weight is 310 g/mol. The fourth-order valence-electron chi connectivity index (χ4n) is 2.31. The van der Waals surface area contributed by atoms with Crippen LogP contribution in [0.1, 0.15) is 33.3 Å². The van der Waals surface area contributed by atoms with Gasteiger partial charge in [-0.15, -0.1) is 0 Å². The van der Waals surface area contributed by atoms with Crippen molar-refractivity contribution < 1.29 is 22.8 Å². The summed E-state index contributed by atoms with van der Waals surface area (Å²) in [5, 5.41) is 0. The van der Waals surface area contributed by atoms with Crippen LogP contribution in [0.4, 0.5) is 8.78 Å². The molecule has 1 aromatic rings. The van der Waals surface area contributed by atoms with Crippen LogP contribution in [0.25, 0.3) is 5.57 Å². The van der Waals surface area contributed by atoms with E-state index >= 15 is 0 Å². The lowest BCUT2D eigenvalue weighted by Gasteiger charge is -2.32. The molecule has 1 fully saturated rings. The lowest BCUT2D eigenvalue weighted by molar-refractivity contribution is 0.00578. The summed E-state index contributed by atoms with van der Waals surface area (Å²) in [6.45, 7) is 7.59. The van der Waals surface area contributed by atoms with Crippen LogP contribution < -0.4 is 4.74 Å². The fourth-order valence-corrected chi connectivity index (χ4v) is 2.31. The standard InChI is InChI=1S/C16H21BF2O3/c1-15(2)16(3,4)22-17(21-15)10-13(14(18)19)11-6-8-12(20-5)9-7-11/h6-9H,10H2,1-5H3. The molecule has 1 aliphatic rings. The van der Waals surface area contributed by atoms with E-state index in [9.17, 15) is 8.78 Å². The first kappa shape index (κ1) is 17.0. The zero-order valence-corrected chi connectivity index (χ0v) is 13.6. The van der Waals surface area contributed by atoms with Crippen molar-refractivity contribution in [3.63, 3.8) is 0 Å². The third kappa shape index (κ3) is 3.33. The van der Waals surface area contributed by atoms with Crippen molar-refractivity contribution >= 4 is 12.7 Å². The lowest BCUT2D eigenvalue weighted by Crippen LogP contribution is -2.41. The van der Waals surface area contributed by atoms with Crippen molar-refractivity contribution in [3.8, 4) is 5.75 Å². The molecule has 120 valence electrons. The minimum absolute atomic E-state index is 0.00151. The number of methoxy groups -OCH3 is 1. The summed E-state index contributed by atoms with van der Waals surface area (Å²) < 4.78 is 43.3. The molecule has 6 heteroatoms. The Labute approximate surface area is 130 Å². The molecule has 0 atom stereocenters. The van der Waals surface area contributed by atoms with E-state index in [-0.39, 0.29) is 11.9 Å². The normalized spacial score (nSPS) is 19.1. The van der Waals surface area contributed by atoms with Gasteiger partial charge in [0.25, 0.3) is 6.08 Å². The van der Waals surface area contributed by atoms with Gasteiger partial charge in [0.15, 0.2) is 0 Å². The fraction of sp³-hybridized carbons (Fsp3) is 0.500. The smallest absolute Gasteiger partial charge is 0.462 e. The Hall–Kier alpha value is -1.40. The van der Waals surface area contributed by atoms with Crippen LogP contribution in [0, 0.1) is 0 Å². The predicted octanol–water partition coefficient (Wildman–Crippen LogP) is 4.40. The molecule has 1 saturated heterocycles. The molecule has 0 aliphatic carbocycles. The average Bonchev–Trinajstić information content (AvgIpc) is 2.64. The van der Waals surface area contributed by atoms with Crippen molar-refractivity contribution in [1.82, 2.24) is 0 Å². The summed E-state index contributed by atoms with van der Waals surface area (Å²) >= 11 is 0. The first-order valence-electron chi connectivity index (χ1n) is 7.20. The van der Waals surface area contributed by atoms with Crippen LogP contribution in [0.2, 0.25) is 6.32 Å². The highest BCUT2D eigenvalue weighted by atomic mass is 19.3. The quantitative estimate of drug-likeness (QED) is 0.772. The number of benzene rings is 1. The highest BCUT2D eigenvalue weighted by Gasteiger charge is 2.51. The Bertz CT molecular complexity index is 547. The van der Waals surface area contributed by atoms with E-state index in [1.54, 1.807) is 24.3 Å². The van der Waals surface area contributed by atoms with Crippen molar-refractivity contribution in [2.45, 2.75) is 45.2 Å². The molecule has 2 rings (SSSR count). The van der Waals surface area contributed by atoms with E-state index < -0.39 is 24.4 Å². The lowest BCUT2D eigenvalue weighted by atomic mass is 9.78. The summed E-state index contributed by atoms with van der Waals surface area (Å²) in [6, 6.07) is 6.53. The minimum Gasteiger partial charge on any atom is -0.497 e. The molecule has 22 heavy (non-hydrogen) atoms. The number of rotatable bonds is 4. The Morgan fingerprint density at radius 3 is 1.95 bits per heavy atom. The molecule has 0 spiro atoms. The van der Waals surface area contributed by atoms with E-state index in [2.05, 4.69) is 0 Å². The van der Waals surface area contributed by atoms with E-state index in [0.717, 1.165) is 0 Å². The van der Waals surface area contributed by atoms with Gasteiger partial charge in [0.2, 0.25) is 0 Å². The second-order valence-corrected chi connectivity index (χ2v) is 6.36. The maximum absolute atomic E-state index is 13.3. The van der Waals surface area contributed by atoms with Crippen molar-refractivity contribution in [2.75, 3.05) is 7.11 Å². The molecule has 0 bridgehead atoms. The minimum atomic E-state index is -1.72. The SMILES string of the molecule is COc1ccc(C(CB2OC(C)(C)C(C)(C)O2)=C(F)F)cc1. The summed E-state index contributed by atoms with van der Waals surface area (Å²) in [6.07, 6.45) is -1.72. The van der Waals surface area contributed by atoms with Crippen LogP contribution in [0.3, 0.4) is 0 Å². The summed E-state index contributed by atoms with van der Waals surface area (Å²) in [5.74, 6) is 0.623. The Morgan fingerprint density at radius 2 is 1.55 bits per heavy atom. The molecule has 0 aromatic heterocycles. The van der Waals surface area contributed by atoms with Gasteiger partial charge in [-0.2, -0.15) is 8.78 Å². The molecule has 1 heterocycles. The van der Waals surface area contributed by atoms with Crippen LogP contribution in [-0.2, 0) is 9.31 Å². The predicted molar refractivity (Wildman–Crippen MR) is 83.0 cm³/mol. The van der Waals surface area contributed by atoms with E-state index in [1.165, 1.54) is 7.11 Å². The van der Waals surface area contributed by atoms with Gasteiger partial charge >= 0.3 is 7.12 Å². The van der Waals surface area contributed by atoms with Crippen LogP contribution >= 0.6 is 0 Å². The van der Waals surface area contributed by atoms with E-state index in [1.807, 2.05) is 27.7 Å². The topological polar surface area (TPSA) is 27.7 Å². The van der Waals surface area contributed by atoms with Crippen molar-refractivity contribution in [2.24, 2.45) is 0 Å². The molecule has 0 N–H and O–H groups in total. The molecule has 0 amide bonds. The molecule has 0 unspecified atom stereocenters. The maximum Gasteiger partial charge on any atom is 0.462 e. The zero-order valence-electron chi connectivity index (χ0n) is 13.6. The zero-order chi connectivity index (χ0) is 16.5. The molecular formula is C16H21BF2O3. The largest absolute Gasteiger partial charge is 0.497 e. The highest BCUT2D eigenvalue weighted by molar-refractivity contribution is 6.48. The van der Waals surface area contributed by atoms with Crippen LogP contribution in [0.15, 0.2) is 30.3 Å². The van der Waals surface area contributed by atoms with Gasteiger partial charge in [0, 0.05) is 11.9 Å². The number of halogens is 2. The Morgan fingerprint density at radius 1 is 1.05 bits per heavy atom. The van der Waals surface area contributed by atoms with Gasteiger partial charge in [-0.1, -0.05) is 12.1 Å². The van der Waals surface area contributed by atoms with Gasteiger partial charge < -0.3 is 14.0 Å². The third-order valence-electron chi connectivity index (χ3n) is 4.34. The maximum atomic E-state index is 13.3. The monoisotopic (exact) mass is 310 g/mol. The second-order valence-electron chi connectivity index (χ2n) is 6.36. The number of hydrogen-bond donors (Lipinski definition) is 0. The summed E-state index contributed by atoms with van der Waals surface area (Å²) in [5.41, 5.74) is -0.693. The van der Waals surface area contributed by atoms with E-state index in [0.29, 0.717) is 11.3 Å². The molecule has 0 saturated carbocycles. The number of ether oxygens (including phenoxy) is 1. The van der Waals surface area contributed by atoms with Gasteiger partial charge in [0.05, 0.1) is 18.3 Å². The van der Waals surface area contributed by atoms with Gasteiger partial charge in [0.1, 0.15) is 5.75 Å². The molecule has 1 aromatic carbocycles.